The molecule has 0 fully saturated rings. The van der Waals surface area contributed by atoms with E-state index in [1.54, 1.807) is 12.4 Å². The summed E-state index contributed by atoms with van der Waals surface area (Å²) in [6, 6.07) is 10.1. The van der Waals surface area contributed by atoms with E-state index >= 15 is 0 Å². The first-order valence-corrected chi connectivity index (χ1v) is 7.80. The fraction of sp³-hybridized carbons (Fsp3) is 0.167. The van der Waals surface area contributed by atoms with E-state index in [-0.39, 0.29) is 0 Å². The Bertz CT molecular complexity index is 914. The predicted molar refractivity (Wildman–Crippen MR) is 91.9 cm³/mol. The molecule has 0 radical (unpaired) electrons. The maximum absolute atomic E-state index is 9.13. The lowest BCUT2D eigenvalue weighted by Crippen LogP contribution is -2.32. The highest BCUT2D eigenvalue weighted by molar-refractivity contribution is 6.01. The molecule has 2 N–H and O–H groups in total. The second kappa shape index (κ2) is 5.81. The molecule has 0 spiro atoms. The highest BCUT2D eigenvalue weighted by atomic mass is 16.4. The molecule has 0 bridgehead atoms. The molecule has 1 aromatic carbocycles. The van der Waals surface area contributed by atoms with Gasteiger partial charge in [-0.2, -0.15) is 5.10 Å². The molecule has 0 amide bonds. The Morgan fingerprint density at radius 2 is 1.96 bits per heavy atom. The number of fused-ring (bicyclic) bond motifs is 1. The predicted octanol–water partition coefficient (Wildman–Crippen LogP) is 2.43. The molecule has 1 aliphatic heterocycles. The Hall–Kier alpha value is -3.15. The molecule has 4 rings (SSSR count). The second-order valence-corrected chi connectivity index (χ2v) is 5.80. The molecule has 1 aliphatic rings. The van der Waals surface area contributed by atoms with Crippen LogP contribution in [0.4, 0.5) is 0 Å². The monoisotopic (exact) mass is 319 g/mol. The first-order chi connectivity index (χ1) is 11.8. The van der Waals surface area contributed by atoms with Crippen LogP contribution in [0.2, 0.25) is 0 Å². The molecule has 0 saturated heterocycles. The lowest BCUT2D eigenvalue weighted by atomic mass is 9.94. The van der Waals surface area contributed by atoms with Gasteiger partial charge in [-0.05, 0) is 29.7 Å². The number of nitrogens with one attached hydrogen (secondary N) is 1. The smallest absolute Gasteiger partial charge is 0.172 e. The van der Waals surface area contributed by atoms with Gasteiger partial charge in [0.1, 0.15) is 5.69 Å². The molecular formula is C18H17N5O. The normalized spacial score (nSPS) is 15.1. The molecule has 24 heavy (non-hydrogen) atoms. The third-order valence-electron chi connectivity index (χ3n) is 4.24. The Morgan fingerprint density at radius 1 is 1.12 bits per heavy atom. The fourth-order valence-electron chi connectivity index (χ4n) is 3.12. The van der Waals surface area contributed by atoms with Gasteiger partial charge in [0.2, 0.25) is 0 Å². The van der Waals surface area contributed by atoms with Crippen LogP contribution in [0.5, 0.6) is 0 Å². The Kier molecular flexibility index (Phi) is 3.49. The van der Waals surface area contributed by atoms with Crippen molar-refractivity contribution in [2.45, 2.75) is 6.42 Å². The first-order valence-electron chi connectivity index (χ1n) is 7.80. The van der Waals surface area contributed by atoms with E-state index in [1.165, 1.54) is 5.56 Å². The quantitative estimate of drug-likeness (QED) is 0.562. The van der Waals surface area contributed by atoms with E-state index in [2.05, 4.69) is 26.6 Å². The van der Waals surface area contributed by atoms with Gasteiger partial charge in [0, 0.05) is 48.9 Å². The van der Waals surface area contributed by atoms with Crippen molar-refractivity contribution in [1.29, 1.82) is 0 Å². The molecule has 3 heterocycles. The van der Waals surface area contributed by atoms with Gasteiger partial charge in [0.05, 0.1) is 0 Å². The molecule has 0 aliphatic carbocycles. The Balaban J connectivity index is 1.83. The second-order valence-electron chi connectivity index (χ2n) is 5.80. The van der Waals surface area contributed by atoms with Crippen LogP contribution >= 0.6 is 0 Å². The molecule has 3 aromatic rings. The largest absolute Gasteiger partial charge is 0.409 e. The van der Waals surface area contributed by atoms with Gasteiger partial charge < -0.3 is 10.5 Å². The zero-order chi connectivity index (χ0) is 16.5. The number of nitrogens with zero attached hydrogens (tertiary/aromatic N) is 4. The number of aryl methyl sites for hydroxylation is 1. The van der Waals surface area contributed by atoms with Crippen LogP contribution in [-0.2, 0) is 13.5 Å². The number of rotatable bonds is 2. The van der Waals surface area contributed by atoms with E-state index in [0.29, 0.717) is 5.84 Å². The maximum atomic E-state index is 9.13. The molecule has 0 atom stereocenters. The highest BCUT2D eigenvalue weighted by Crippen LogP contribution is 2.32. The molecular weight excluding hydrogens is 302 g/mol. The summed E-state index contributed by atoms with van der Waals surface area (Å²) in [5.41, 5.74) is 6.27. The van der Waals surface area contributed by atoms with Crippen molar-refractivity contribution < 1.29 is 5.21 Å². The number of amidine groups is 1. The zero-order valence-corrected chi connectivity index (χ0v) is 13.3. The van der Waals surface area contributed by atoms with Crippen LogP contribution in [0.15, 0.2) is 54.1 Å². The van der Waals surface area contributed by atoms with Crippen LogP contribution in [0.25, 0.3) is 22.4 Å². The molecule has 120 valence electrons. The molecule has 6 heteroatoms. The standard InChI is InChI=1S/C18H17N5O/c1-23-11-16(17(21-23)12-4-7-19-8-5-12)13-2-3-15-14(10-13)6-9-20-18(15)22-24/h2-5,7-8,10-11,24H,6,9H2,1H3,(H,20,22). The van der Waals surface area contributed by atoms with E-state index in [9.17, 15) is 0 Å². The van der Waals surface area contributed by atoms with Crippen LogP contribution in [0.1, 0.15) is 11.1 Å². The topological polar surface area (TPSA) is 75.3 Å². The number of hydrogen-bond donors (Lipinski definition) is 2. The number of aromatic nitrogens is 3. The van der Waals surface area contributed by atoms with Gasteiger partial charge in [-0.3, -0.25) is 9.67 Å². The maximum Gasteiger partial charge on any atom is 0.172 e. The first kappa shape index (κ1) is 14.4. The van der Waals surface area contributed by atoms with Gasteiger partial charge >= 0.3 is 0 Å². The minimum Gasteiger partial charge on any atom is -0.409 e. The summed E-state index contributed by atoms with van der Waals surface area (Å²) >= 11 is 0. The number of oxime groups is 1. The van der Waals surface area contributed by atoms with Crippen molar-refractivity contribution in [3.05, 3.63) is 60.0 Å². The highest BCUT2D eigenvalue weighted by Gasteiger charge is 2.18. The van der Waals surface area contributed by atoms with E-state index < -0.39 is 0 Å². The zero-order valence-electron chi connectivity index (χ0n) is 13.3. The minimum absolute atomic E-state index is 0.531. The van der Waals surface area contributed by atoms with E-state index in [0.717, 1.165) is 40.9 Å². The van der Waals surface area contributed by atoms with Crippen molar-refractivity contribution >= 4 is 5.84 Å². The Labute approximate surface area is 139 Å². The number of hydrogen-bond acceptors (Lipinski definition) is 4. The van der Waals surface area contributed by atoms with Gasteiger partial charge in [-0.1, -0.05) is 23.4 Å². The summed E-state index contributed by atoms with van der Waals surface area (Å²) in [5, 5.41) is 20.2. The van der Waals surface area contributed by atoms with Crippen LogP contribution in [0.3, 0.4) is 0 Å². The SMILES string of the molecule is Cn1cc(-c2ccc3c(c2)CCN/C3=N\O)c(-c2ccncc2)n1. The van der Waals surface area contributed by atoms with E-state index in [4.69, 9.17) is 5.21 Å². The fourth-order valence-corrected chi connectivity index (χ4v) is 3.12. The molecule has 6 nitrogen and oxygen atoms in total. The van der Waals surface area contributed by atoms with Gasteiger partial charge in [-0.25, -0.2) is 0 Å². The summed E-state index contributed by atoms with van der Waals surface area (Å²) < 4.78 is 1.83. The lowest BCUT2D eigenvalue weighted by Gasteiger charge is -2.19. The third kappa shape index (κ3) is 2.42. The summed E-state index contributed by atoms with van der Waals surface area (Å²) in [6.07, 6.45) is 6.47. The lowest BCUT2D eigenvalue weighted by molar-refractivity contribution is 0.316. The summed E-state index contributed by atoms with van der Waals surface area (Å²) in [7, 11) is 1.92. The van der Waals surface area contributed by atoms with Crippen LogP contribution in [0, 0.1) is 0 Å². The van der Waals surface area contributed by atoms with Crippen molar-refractivity contribution in [2.24, 2.45) is 12.2 Å². The van der Waals surface area contributed by atoms with Crippen LogP contribution in [-0.4, -0.2) is 32.4 Å². The van der Waals surface area contributed by atoms with Gasteiger partial charge in [0.25, 0.3) is 0 Å². The van der Waals surface area contributed by atoms with Crippen molar-refractivity contribution in [2.75, 3.05) is 6.54 Å². The number of benzene rings is 1. The minimum atomic E-state index is 0.531. The molecule has 0 saturated carbocycles. The molecule has 2 aromatic heterocycles. The third-order valence-corrected chi connectivity index (χ3v) is 4.24. The van der Waals surface area contributed by atoms with Crippen molar-refractivity contribution in [3.63, 3.8) is 0 Å². The summed E-state index contributed by atoms with van der Waals surface area (Å²) in [4.78, 5) is 4.08. The van der Waals surface area contributed by atoms with Gasteiger partial charge in [0.15, 0.2) is 5.84 Å². The molecule has 0 unspecified atom stereocenters. The van der Waals surface area contributed by atoms with Crippen molar-refractivity contribution in [1.82, 2.24) is 20.1 Å². The summed E-state index contributed by atoms with van der Waals surface area (Å²) in [5.74, 6) is 0.531. The Morgan fingerprint density at radius 3 is 2.75 bits per heavy atom. The van der Waals surface area contributed by atoms with Crippen LogP contribution < -0.4 is 5.32 Å². The average Bonchev–Trinajstić information content (AvgIpc) is 3.03. The summed E-state index contributed by atoms with van der Waals surface area (Å²) in [6.45, 7) is 0.764. The van der Waals surface area contributed by atoms with E-state index in [1.807, 2.05) is 42.2 Å². The number of pyridine rings is 1. The van der Waals surface area contributed by atoms with Gasteiger partial charge in [-0.15, -0.1) is 0 Å². The average molecular weight is 319 g/mol. The van der Waals surface area contributed by atoms with Crippen molar-refractivity contribution in [3.8, 4) is 22.4 Å².